The molecule has 33 heavy (non-hydrogen) atoms. The van der Waals surface area contributed by atoms with E-state index in [0.717, 1.165) is 0 Å². The fourth-order valence-electron chi connectivity index (χ4n) is 3.07. The van der Waals surface area contributed by atoms with E-state index in [2.05, 4.69) is 27.5 Å². The lowest BCUT2D eigenvalue weighted by Crippen LogP contribution is -2.32. The van der Waals surface area contributed by atoms with Gasteiger partial charge >= 0.3 is 11.8 Å². The van der Waals surface area contributed by atoms with Crippen molar-refractivity contribution in [3.63, 3.8) is 0 Å². The summed E-state index contributed by atoms with van der Waals surface area (Å²) in [5.74, 6) is 5.83. The van der Waals surface area contributed by atoms with E-state index in [1.165, 1.54) is 4.57 Å². The Kier molecular flexibility index (Phi) is 7.13. The zero-order valence-corrected chi connectivity index (χ0v) is 19.1. The van der Waals surface area contributed by atoms with Gasteiger partial charge in [-0.15, -0.1) is 0 Å². The maximum Gasteiger partial charge on any atom is 0.408 e. The third-order valence-corrected chi connectivity index (χ3v) is 4.52. The number of carbonyl (C=O) groups is 2. The third kappa shape index (κ3) is 6.20. The molecule has 3 aromatic rings. The number of aromatic nitrogens is 2. The van der Waals surface area contributed by atoms with Crippen molar-refractivity contribution in [2.45, 2.75) is 39.8 Å². The highest BCUT2D eigenvalue weighted by Gasteiger charge is 2.15. The first-order valence-electron chi connectivity index (χ1n) is 10.5. The minimum absolute atomic E-state index is 0.140. The van der Waals surface area contributed by atoms with Gasteiger partial charge < -0.3 is 15.4 Å². The first-order chi connectivity index (χ1) is 15.7. The molecule has 3 rings (SSSR count). The maximum absolute atomic E-state index is 12.9. The Morgan fingerprint density at radius 3 is 2.45 bits per heavy atom. The molecule has 0 saturated heterocycles. The highest BCUT2D eigenvalue weighted by atomic mass is 16.6. The number of amides is 2. The number of fused-ring (bicyclic) bond motifs is 1. The van der Waals surface area contributed by atoms with Crippen molar-refractivity contribution in [3.05, 3.63) is 70.1 Å². The first kappa shape index (κ1) is 23.5. The Labute approximate surface area is 192 Å². The van der Waals surface area contributed by atoms with Crippen LogP contribution in [0.4, 0.5) is 10.6 Å². The van der Waals surface area contributed by atoms with E-state index in [4.69, 9.17) is 4.74 Å². The Balaban J connectivity index is 1.70. The largest absolute Gasteiger partial charge is 0.444 e. The number of hydrogen-bond acceptors (Lipinski definition) is 5. The van der Waals surface area contributed by atoms with Crippen LogP contribution in [0.5, 0.6) is 0 Å². The molecule has 8 nitrogen and oxygen atoms in total. The summed E-state index contributed by atoms with van der Waals surface area (Å²) in [5.41, 5.74) is 0.647. The van der Waals surface area contributed by atoms with Crippen LogP contribution in [0.2, 0.25) is 0 Å². The standard InChI is InChI=1S/C25H26N4O4/c1-5-29-21(19-10-6-7-11-20(19)27-23(29)31)28-22(30)18-14-12-17(13-15-18)9-8-16-26-24(32)33-25(2,3)4/h6-7,10-15H,5,16H2,1-4H3,(H,26,32)(H,28,30). The van der Waals surface area contributed by atoms with E-state index >= 15 is 0 Å². The lowest BCUT2D eigenvalue weighted by Gasteiger charge is -2.18. The minimum Gasteiger partial charge on any atom is -0.444 e. The second-order valence-electron chi connectivity index (χ2n) is 8.19. The predicted octanol–water partition coefficient (Wildman–Crippen LogP) is 3.54. The Morgan fingerprint density at radius 1 is 1.09 bits per heavy atom. The first-order valence-corrected chi connectivity index (χ1v) is 10.5. The van der Waals surface area contributed by atoms with E-state index in [0.29, 0.717) is 34.4 Å². The normalized spacial score (nSPS) is 10.8. The fraction of sp³-hybridized carbons (Fsp3) is 0.280. The lowest BCUT2D eigenvalue weighted by atomic mass is 10.1. The molecule has 2 N–H and O–H groups in total. The number of benzene rings is 2. The average molecular weight is 447 g/mol. The van der Waals surface area contributed by atoms with Crippen molar-refractivity contribution in [3.8, 4) is 11.8 Å². The summed E-state index contributed by atoms with van der Waals surface area (Å²) < 4.78 is 6.57. The molecule has 0 radical (unpaired) electrons. The number of para-hydroxylation sites is 1. The number of anilines is 1. The van der Waals surface area contributed by atoms with Crippen LogP contribution in [-0.4, -0.2) is 33.7 Å². The number of hydrogen-bond donors (Lipinski definition) is 2. The molecule has 8 heteroatoms. The molecule has 0 aliphatic heterocycles. The zero-order valence-electron chi connectivity index (χ0n) is 19.1. The molecule has 1 aromatic heterocycles. The van der Waals surface area contributed by atoms with Gasteiger partial charge in [0, 0.05) is 23.1 Å². The molecule has 0 aliphatic rings. The number of rotatable bonds is 4. The van der Waals surface area contributed by atoms with Crippen molar-refractivity contribution < 1.29 is 14.3 Å². The van der Waals surface area contributed by atoms with Crippen LogP contribution in [0.3, 0.4) is 0 Å². The van der Waals surface area contributed by atoms with Crippen LogP contribution < -0.4 is 16.3 Å². The number of ether oxygens (including phenoxy) is 1. The number of nitrogens with one attached hydrogen (secondary N) is 2. The molecule has 0 spiro atoms. The molecule has 1 heterocycles. The van der Waals surface area contributed by atoms with Crippen LogP contribution in [-0.2, 0) is 11.3 Å². The Hall–Kier alpha value is -4.12. The van der Waals surface area contributed by atoms with Gasteiger partial charge in [0.1, 0.15) is 11.4 Å². The molecule has 2 amide bonds. The van der Waals surface area contributed by atoms with Crippen molar-refractivity contribution >= 4 is 28.7 Å². The monoisotopic (exact) mass is 446 g/mol. The molecule has 170 valence electrons. The van der Waals surface area contributed by atoms with Gasteiger partial charge in [0.2, 0.25) is 0 Å². The van der Waals surface area contributed by atoms with Gasteiger partial charge in [0.15, 0.2) is 0 Å². The van der Waals surface area contributed by atoms with Crippen LogP contribution in [0.1, 0.15) is 43.6 Å². The van der Waals surface area contributed by atoms with E-state index < -0.39 is 17.4 Å². The summed E-state index contributed by atoms with van der Waals surface area (Å²) >= 11 is 0. The molecule has 0 unspecified atom stereocenters. The molecule has 2 aromatic carbocycles. The van der Waals surface area contributed by atoms with Crippen LogP contribution in [0.25, 0.3) is 10.9 Å². The van der Waals surface area contributed by atoms with Crippen LogP contribution in [0, 0.1) is 11.8 Å². The molecule has 0 bridgehead atoms. The summed E-state index contributed by atoms with van der Waals surface area (Å²) in [6.07, 6.45) is -0.530. The molecular weight excluding hydrogens is 420 g/mol. The van der Waals surface area contributed by atoms with Gasteiger partial charge in [-0.3, -0.25) is 9.36 Å². The molecule has 0 aliphatic carbocycles. The Morgan fingerprint density at radius 2 is 1.79 bits per heavy atom. The molecular formula is C25H26N4O4. The van der Waals surface area contributed by atoms with Gasteiger partial charge in [-0.05, 0) is 64.1 Å². The number of carbonyl (C=O) groups excluding carboxylic acids is 2. The molecule has 0 saturated carbocycles. The van der Waals surface area contributed by atoms with Crippen molar-refractivity contribution in [2.24, 2.45) is 0 Å². The lowest BCUT2D eigenvalue weighted by molar-refractivity contribution is 0.0535. The topological polar surface area (TPSA) is 102 Å². The average Bonchev–Trinajstić information content (AvgIpc) is 2.76. The molecule has 0 fully saturated rings. The smallest absolute Gasteiger partial charge is 0.408 e. The zero-order chi connectivity index (χ0) is 24.0. The second-order valence-corrected chi connectivity index (χ2v) is 8.19. The highest BCUT2D eigenvalue weighted by Crippen LogP contribution is 2.20. The van der Waals surface area contributed by atoms with Crippen molar-refractivity contribution in [2.75, 3.05) is 11.9 Å². The van der Waals surface area contributed by atoms with E-state index in [9.17, 15) is 14.4 Å². The van der Waals surface area contributed by atoms with E-state index in [1.54, 1.807) is 57.2 Å². The summed E-state index contributed by atoms with van der Waals surface area (Å²) in [7, 11) is 0. The number of nitrogens with zero attached hydrogens (tertiary/aromatic N) is 2. The van der Waals surface area contributed by atoms with Gasteiger partial charge in [-0.25, -0.2) is 9.59 Å². The fourth-order valence-corrected chi connectivity index (χ4v) is 3.07. The quantitative estimate of drug-likeness (QED) is 0.597. The summed E-state index contributed by atoms with van der Waals surface area (Å²) in [5, 5.41) is 6.10. The summed E-state index contributed by atoms with van der Waals surface area (Å²) in [4.78, 5) is 40.9. The maximum atomic E-state index is 12.9. The molecule has 0 atom stereocenters. The highest BCUT2D eigenvalue weighted by molar-refractivity contribution is 6.07. The van der Waals surface area contributed by atoms with E-state index in [-0.39, 0.29) is 12.5 Å². The Bertz CT molecular complexity index is 1290. The second kappa shape index (κ2) is 10.0. The minimum atomic E-state index is -0.567. The van der Waals surface area contributed by atoms with Crippen molar-refractivity contribution in [1.29, 1.82) is 0 Å². The third-order valence-electron chi connectivity index (χ3n) is 4.52. The van der Waals surface area contributed by atoms with Gasteiger partial charge in [-0.1, -0.05) is 24.0 Å². The van der Waals surface area contributed by atoms with E-state index in [1.807, 2.05) is 19.1 Å². The number of alkyl carbamates (subject to hydrolysis) is 1. The van der Waals surface area contributed by atoms with Gasteiger partial charge in [0.25, 0.3) is 5.91 Å². The van der Waals surface area contributed by atoms with Crippen molar-refractivity contribution in [1.82, 2.24) is 14.9 Å². The SMILES string of the molecule is CCn1c(NC(=O)c2ccc(C#CCNC(=O)OC(C)(C)C)cc2)c2ccccc2nc1=O. The van der Waals surface area contributed by atoms with Crippen LogP contribution >= 0.6 is 0 Å². The van der Waals surface area contributed by atoms with Crippen LogP contribution in [0.15, 0.2) is 53.3 Å². The predicted molar refractivity (Wildman–Crippen MR) is 127 cm³/mol. The van der Waals surface area contributed by atoms with Gasteiger partial charge in [-0.2, -0.15) is 4.98 Å². The van der Waals surface area contributed by atoms with Gasteiger partial charge in [0.05, 0.1) is 12.1 Å². The summed E-state index contributed by atoms with van der Waals surface area (Å²) in [6.45, 7) is 7.69. The summed E-state index contributed by atoms with van der Waals surface area (Å²) in [6, 6.07) is 13.9.